The largest absolute Gasteiger partial charge is 0.508 e. The predicted octanol–water partition coefficient (Wildman–Crippen LogP) is -1.05. The van der Waals surface area contributed by atoms with Gasteiger partial charge in [0, 0.05) is 38.6 Å². The number of aromatic hydroxyl groups is 1. The number of aliphatic carboxylic acids is 1. The number of nitrogens with one attached hydrogen (secondary N) is 4. The van der Waals surface area contributed by atoms with Crippen LogP contribution >= 0.6 is 0 Å². The van der Waals surface area contributed by atoms with Gasteiger partial charge in [0.2, 0.25) is 23.6 Å². The molecule has 0 unspecified atom stereocenters. The van der Waals surface area contributed by atoms with Crippen molar-refractivity contribution < 1.29 is 34.2 Å². The van der Waals surface area contributed by atoms with Crippen LogP contribution in [0, 0.1) is 11.8 Å². The van der Waals surface area contributed by atoms with Crippen molar-refractivity contribution in [3.8, 4) is 5.75 Å². The Morgan fingerprint density at radius 3 is 2.04 bits per heavy atom. The first kappa shape index (κ1) is 48.0. The lowest BCUT2D eigenvalue weighted by atomic mass is 9.96. The Hall–Kier alpha value is -5.17. The van der Waals surface area contributed by atoms with Crippen molar-refractivity contribution in [2.45, 2.75) is 122 Å². The van der Waals surface area contributed by atoms with Gasteiger partial charge in [-0.2, -0.15) is 0 Å². The van der Waals surface area contributed by atoms with Crippen molar-refractivity contribution in [2.24, 2.45) is 50.5 Å². The maximum atomic E-state index is 14.1. The number of benzene rings is 1. The minimum atomic E-state index is -1.09. The van der Waals surface area contributed by atoms with Gasteiger partial charge in [-0.25, -0.2) is 0 Å². The van der Waals surface area contributed by atoms with Gasteiger partial charge >= 0.3 is 5.97 Å². The average molecular weight is 803 g/mol. The SMILES string of the molecule is CC[C@H](C)[C@@H](CN[C@@H](CC(C)C)C(=O)O)NC(=O)[C@H](Cc1ccc(O)cc1)NC(=O)[C@@H]1CCCN1C(=O)[C@H](CCCN=C(N)N)NC(=O)[C@@H](N)CCCN=C(N)N. The van der Waals surface area contributed by atoms with E-state index in [1.165, 1.54) is 17.0 Å². The molecule has 0 bridgehead atoms. The van der Waals surface area contributed by atoms with Crippen molar-refractivity contribution >= 4 is 41.5 Å². The van der Waals surface area contributed by atoms with Crippen molar-refractivity contribution in [3.63, 3.8) is 0 Å². The molecule has 19 nitrogen and oxygen atoms in total. The number of carbonyl (C=O) groups excluding carboxylic acids is 4. The highest BCUT2D eigenvalue weighted by atomic mass is 16.4. The number of phenols is 1. The second-order valence-electron chi connectivity index (χ2n) is 15.1. The maximum Gasteiger partial charge on any atom is 0.320 e. The fourth-order valence-electron chi connectivity index (χ4n) is 6.51. The molecule has 57 heavy (non-hydrogen) atoms. The fourth-order valence-corrected chi connectivity index (χ4v) is 6.51. The topological polar surface area (TPSA) is 332 Å². The van der Waals surface area contributed by atoms with Crippen LogP contribution in [-0.2, 0) is 30.4 Å². The summed E-state index contributed by atoms with van der Waals surface area (Å²) in [7, 11) is 0. The Bertz CT molecular complexity index is 1520. The average Bonchev–Trinajstić information content (AvgIpc) is 3.65. The van der Waals surface area contributed by atoms with Gasteiger partial charge in [0.1, 0.15) is 29.9 Å². The molecule has 2 rings (SSSR count). The smallest absolute Gasteiger partial charge is 0.320 e. The third-order valence-electron chi connectivity index (χ3n) is 9.96. The fraction of sp³-hybridized carbons (Fsp3) is 0.658. The Balaban J connectivity index is 2.32. The lowest BCUT2D eigenvalue weighted by molar-refractivity contribution is -0.142. The number of carbonyl (C=O) groups is 5. The Labute approximate surface area is 335 Å². The molecule has 7 atom stereocenters. The zero-order valence-electron chi connectivity index (χ0n) is 33.8. The number of nitrogens with zero attached hydrogens (tertiary/aromatic N) is 3. The molecule has 1 fully saturated rings. The third kappa shape index (κ3) is 17.2. The van der Waals surface area contributed by atoms with E-state index in [0.717, 1.165) is 0 Å². The summed E-state index contributed by atoms with van der Waals surface area (Å²) in [6.07, 6.45) is 3.15. The van der Waals surface area contributed by atoms with E-state index in [4.69, 9.17) is 28.7 Å². The van der Waals surface area contributed by atoms with Gasteiger partial charge in [0.15, 0.2) is 11.9 Å². The molecule has 320 valence electrons. The van der Waals surface area contributed by atoms with Crippen molar-refractivity contribution in [1.29, 1.82) is 0 Å². The molecular weight excluding hydrogens is 736 g/mol. The van der Waals surface area contributed by atoms with E-state index in [9.17, 15) is 34.2 Å². The van der Waals surface area contributed by atoms with Crippen LogP contribution in [0.3, 0.4) is 0 Å². The number of amides is 4. The van der Waals surface area contributed by atoms with Crippen LogP contribution < -0.4 is 49.9 Å². The summed E-state index contributed by atoms with van der Waals surface area (Å²) in [5, 5.41) is 31.4. The highest BCUT2D eigenvalue weighted by Gasteiger charge is 2.39. The summed E-state index contributed by atoms with van der Waals surface area (Å²) in [4.78, 5) is 76.7. The number of rotatable bonds is 25. The van der Waals surface area contributed by atoms with Crippen molar-refractivity contribution in [3.05, 3.63) is 29.8 Å². The van der Waals surface area contributed by atoms with Gasteiger partial charge in [-0.3, -0.25) is 34.0 Å². The molecule has 1 heterocycles. The lowest BCUT2D eigenvalue weighted by Crippen LogP contribution is -2.59. The van der Waals surface area contributed by atoms with Crippen molar-refractivity contribution in [2.75, 3.05) is 26.2 Å². The number of carboxylic acid groups (broad SMARTS) is 1. The van der Waals surface area contributed by atoms with E-state index in [2.05, 4.69) is 31.3 Å². The summed E-state index contributed by atoms with van der Waals surface area (Å²) < 4.78 is 0. The molecule has 19 heteroatoms. The first-order valence-electron chi connectivity index (χ1n) is 19.7. The van der Waals surface area contributed by atoms with Crippen molar-refractivity contribution in [1.82, 2.24) is 26.2 Å². The molecule has 0 aliphatic carbocycles. The van der Waals surface area contributed by atoms with Gasteiger partial charge < -0.3 is 65.0 Å². The molecule has 1 aliphatic heterocycles. The highest BCUT2D eigenvalue weighted by Crippen LogP contribution is 2.21. The second kappa shape index (κ2) is 24.5. The minimum Gasteiger partial charge on any atom is -0.508 e. The molecule has 1 aromatic carbocycles. The van der Waals surface area contributed by atoms with Crippen LogP contribution in [0.4, 0.5) is 0 Å². The first-order valence-corrected chi connectivity index (χ1v) is 19.7. The van der Waals surface area contributed by atoms with E-state index in [1.54, 1.807) is 12.1 Å². The Morgan fingerprint density at radius 2 is 1.47 bits per heavy atom. The number of phenolic OH excluding ortho intramolecular Hbond substituents is 1. The molecule has 4 amide bonds. The quantitative estimate of drug-likeness (QED) is 0.0320. The molecule has 0 radical (unpaired) electrons. The first-order chi connectivity index (χ1) is 26.9. The number of hydrogen-bond donors (Lipinski definition) is 11. The number of aliphatic imine (C=N–C) groups is 2. The molecule has 1 aliphatic rings. The number of likely N-dealkylation sites (tertiary alicyclic amines) is 1. The molecule has 1 aromatic rings. The van der Waals surface area contributed by atoms with Crippen LogP contribution in [0.15, 0.2) is 34.3 Å². The Kier molecular flexibility index (Phi) is 20.6. The summed E-state index contributed by atoms with van der Waals surface area (Å²) in [6.45, 7) is 8.68. The van der Waals surface area contributed by atoms with Gasteiger partial charge in [-0.15, -0.1) is 0 Å². The van der Waals surface area contributed by atoms with Gasteiger partial charge in [0.05, 0.1) is 6.04 Å². The molecule has 1 saturated heterocycles. The van der Waals surface area contributed by atoms with Crippen LogP contribution in [0.5, 0.6) is 5.75 Å². The molecular formula is C38H66N12O7. The molecule has 0 spiro atoms. The van der Waals surface area contributed by atoms with E-state index < -0.39 is 65.8 Å². The van der Waals surface area contributed by atoms with Crippen LogP contribution in [0.25, 0.3) is 0 Å². The number of nitrogens with two attached hydrogens (primary N) is 5. The van der Waals surface area contributed by atoms with E-state index in [-0.39, 0.29) is 74.9 Å². The van der Waals surface area contributed by atoms with Crippen LogP contribution in [-0.4, -0.2) is 119 Å². The molecule has 16 N–H and O–H groups in total. The second-order valence-corrected chi connectivity index (χ2v) is 15.1. The summed E-state index contributed by atoms with van der Waals surface area (Å²) in [5.74, 6) is -3.16. The zero-order chi connectivity index (χ0) is 42.7. The van der Waals surface area contributed by atoms with Crippen LogP contribution in [0.1, 0.15) is 84.6 Å². The maximum absolute atomic E-state index is 14.1. The predicted molar refractivity (Wildman–Crippen MR) is 218 cm³/mol. The lowest BCUT2D eigenvalue weighted by Gasteiger charge is -2.31. The monoisotopic (exact) mass is 803 g/mol. The van der Waals surface area contributed by atoms with Gasteiger partial charge in [-0.05, 0) is 74.5 Å². The highest BCUT2D eigenvalue weighted by molar-refractivity contribution is 5.95. The summed E-state index contributed by atoms with van der Waals surface area (Å²) >= 11 is 0. The molecule has 0 aromatic heterocycles. The number of hydrogen-bond acceptors (Lipinski definition) is 10. The van der Waals surface area contributed by atoms with Gasteiger partial charge in [0.25, 0.3) is 0 Å². The number of carboxylic acids is 1. The van der Waals surface area contributed by atoms with E-state index in [0.29, 0.717) is 44.1 Å². The summed E-state index contributed by atoms with van der Waals surface area (Å²) in [5.41, 5.74) is 28.5. The third-order valence-corrected chi connectivity index (χ3v) is 9.96. The van der Waals surface area contributed by atoms with Gasteiger partial charge in [-0.1, -0.05) is 46.2 Å². The summed E-state index contributed by atoms with van der Waals surface area (Å²) in [6, 6.07) is 0.928. The minimum absolute atomic E-state index is 0.0352. The zero-order valence-corrected chi connectivity index (χ0v) is 33.8. The standard InChI is InChI=1S/C38H66N12O7/c1-5-23(4)30(21-46-29(36(56)57)19-22(2)3)49-33(53)28(20-24-12-14-25(51)15-13-24)48-34(54)31-11-8-18-50(31)35(55)27(10-7-17-45-38(42)43)47-32(52)26(39)9-6-16-44-37(40)41/h12-15,22-23,26-31,46,51H,5-11,16-21,39H2,1-4H3,(H,47,52)(H,48,54)(H,49,53)(H,56,57)(H4,40,41,44)(H4,42,43,45)/t23-,26-,27-,28-,29-,30+,31-/m0/s1. The number of guanidine groups is 2. The molecule has 0 saturated carbocycles. The normalized spacial score (nSPS) is 17.0. The van der Waals surface area contributed by atoms with Crippen LogP contribution in [0.2, 0.25) is 0 Å². The van der Waals surface area contributed by atoms with E-state index >= 15 is 0 Å². The van der Waals surface area contributed by atoms with E-state index in [1.807, 2.05) is 27.7 Å². The Morgan fingerprint density at radius 1 is 0.860 bits per heavy atom.